The maximum Gasteiger partial charge on any atom is 0.268 e. The van der Waals surface area contributed by atoms with Crippen molar-refractivity contribution in [1.82, 2.24) is 4.98 Å². The highest BCUT2D eigenvalue weighted by atomic mass is 32.2. The van der Waals surface area contributed by atoms with Crippen LogP contribution in [-0.4, -0.2) is 38.7 Å². The SMILES string of the molecule is CCN(CC)c1ccc(/C=C(\C#N)C(=O)Nc2nc3ccc(S(C)(=O)=O)cc3s2)cc1. The van der Waals surface area contributed by atoms with Crippen molar-refractivity contribution in [3.05, 3.63) is 53.6 Å². The minimum Gasteiger partial charge on any atom is -0.372 e. The maximum absolute atomic E-state index is 12.6. The van der Waals surface area contributed by atoms with Crippen molar-refractivity contribution >= 4 is 54.2 Å². The fraction of sp³-hybridized carbons (Fsp3) is 0.227. The molecule has 0 aliphatic rings. The summed E-state index contributed by atoms with van der Waals surface area (Å²) in [5.74, 6) is -0.572. The molecule has 0 saturated heterocycles. The first kappa shape index (κ1) is 22.5. The van der Waals surface area contributed by atoms with Gasteiger partial charge in [0.25, 0.3) is 5.91 Å². The first-order chi connectivity index (χ1) is 14.7. The number of benzene rings is 2. The quantitative estimate of drug-likeness (QED) is 0.426. The Bertz CT molecular complexity index is 1280. The number of thiazole rings is 1. The molecule has 1 aromatic heterocycles. The summed E-state index contributed by atoms with van der Waals surface area (Å²) < 4.78 is 24.1. The molecule has 0 unspecified atom stereocenters. The lowest BCUT2D eigenvalue weighted by molar-refractivity contribution is -0.112. The highest BCUT2D eigenvalue weighted by Gasteiger charge is 2.14. The van der Waals surface area contributed by atoms with Gasteiger partial charge in [-0.05, 0) is 55.8 Å². The van der Waals surface area contributed by atoms with Crippen molar-refractivity contribution in [2.45, 2.75) is 18.7 Å². The normalized spacial score (nSPS) is 11.9. The van der Waals surface area contributed by atoms with E-state index in [2.05, 4.69) is 29.0 Å². The van der Waals surface area contributed by atoms with Crippen LogP contribution in [0.15, 0.2) is 52.9 Å². The molecule has 0 spiro atoms. The van der Waals surface area contributed by atoms with Gasteiger partial charge in [-0.1, -0.05) is 23.5 Å². The first-order valence-corrected chi connectivity index (χ1v) is 12.3. The smallest absolute Gasteiger partial charge is 0.268 e. The van der Waals surface area contributed by atoms with E-state index in [-0.39, 0.29) is 10.5 Å². The lowest BCUT2D eigenvalue weighted by Crippen LogP contribution is -2.21. The summed E-state index contributed by atoms with van der Waals surface area (Å²) in [6.45, 7) is 5.95. The molecule has 160 valence electrons. The van der Waals surface area contributed by atoms with E-state index in [1.165, 1.54) is 18.2 Å². The Kier molecular flexibility index (Phi) is 6.73. The first-order valence-electron chi connectivity index (χ1n) is 9.64. The Balaban J connectivity index is 1.80. The minimum absolute atomic E-state index is 0.0494. The van der Waals surface area contributed by atoms with Crippen LogP contribution in [0.2, 0.25) is 0 Å². The van der Waals surface area contributed by atoms with Gasteiger partial charge in [0.1, 0.15) is 11.6 Å². The lowest BCUT2D eigenvalue weighted by Gasteiger charge is -2.20. The van der Waals surface area contributed by atoms with Crippen molar-refractivity contribution in [3.63, 3.8) is 0 Å². The zero-order chi connectivity index (χ0) is 22.6. The van der Waals surface area contributed by atoms with Gasteiger partial charge in [0.05, 0.1) is 15.1 Å². The number of amides is 1. The molecular weight excluding hydrogens is 432 g/mol. The van der Waals surface area contributed by atoms with Crippen LogP contribution in [0, 0.1) is 11.3 Å². The number of anilines is 2. The van der Waals surface area contributed by atoms with Crippen LogP contribution in [-0.2, 0) is 14.6 Å². The topological polar surface area (TPSA) is 103 Å². The second-order valence-electron chi connectivity index (χ2n) is 6.81. The van der Waals surface area contributed by atoms with E-state index < -0.39 is 15.7 Å². The summed E-state index contributed by atoms with van der Waals surface area (Å²) in [5.41, 5.74) is 2.34. The van der Waals surface area contributed by atoms with Gasteiger partial charge in [-0.25, -0.2) is 13.4 Å². The van der Waals surface area contributed by atoms with Crippen LogP contribution in [0.4, 0.5) is 10.8 Å². The second-order valence-corrected chi connectivity index (χ2v) is 9.85. The number of carbonyl (C=O) groups excluding carboxylic acids is 1. The average molecular weight is 455 g/mol. The molecular formula is C22H22N4O3S2. The molecule has 0 aliphatic heterocycles. The van der Waals surface area contributed by atoms with Crippen molar-refractivity contribution in [1.29, 1.82) is 5.26 Å². The number of carbonyl (C=O) groups is 1. The molecule has 7 nitrogen and oxygen atoms in total. The molecule has 1 heterocycles. The van der Waals surface area contributed by atoms with Gasteiger partial charge in [-0.15, -0.1) is 0 Å². The highest BCUT2D eigenvalue weighted by molar-refractivity contribution is 7.90. The largest absolute Gasteiger partial charge is 0.372 e. The Morgan fingerprint density at radius 1 is 1.19 bits per heavy atom. The summed E-state index contributed by atoms with van der Waals surface area (Å²) in [6.07, 6.45) is 2.66. The van der Waals surface area contributed by atoms with Crippen LogP contribution in [0.5, 0.6) is 0 Å². The summed E-state index contributed by atoms with van der Waals surface area (Å²) in [5, 5.41) is 12.4. The number of aromatic nitrogens is 1. The molecule has 1 amide bonds. The van der Waals surface area contributed by atoms with E-state index >= 15 is 0 Å². The van der Waals surface area contributed by atoms with Gasteiger partial charge in [0.15, 0.2) is 15.0 Å². The average Bonchev–Trinajstić information content (AvgIpc) is 3.14. The Hall–Kier alpha value is -3.22. The Labute approximate surface area is 185 Å². The number of nitriles is 1. The number of fused-ring (bicyclic) bond motifs is 1. The third kappa shape index (κ3) is 5.29. The molecule has 3 aromatic rings. The molecule has 31 heavy (non-hydrogen) atoms. The fourth-order valence-electron chi connectivity index (χ4n) is 3.04. The van der Waals surface area contributed by atoms with Gasteiger partial charge >= 0.3 is 0 Å². The number of hydrogen-bond acceptors (Lipinski definition) is 7. The van der Waals surface area contributed by atoms with Gasteiger partial charge in [0, 0.05) is 25.0 Å². The molecule has 0 bridgehead atoms. The summed E-state index contributed by atoms with van der Waals surface area (Å²) >= 11 is 1.15. The molecule has 1 N–H and O–H groups in total. The number of sulfone groups is 1. The van der Waals surface area contributed by atoms with E-state index in [0.717, 1.165) is 41.9 Å². The standard InChI is InChI=1S/C22H22N4O3S2/c1-4-26(5-2)17-8-6-15(7-9-17)12-16(14-23)21(27)25-22-24-19-11-10-18(31(3,28)29)13-20(19)30-22/h6-13H,4-5H2,1-3H3,(H,24,25,27)/b16-12+. The summed E-state index contributed by atoms with van der Waals surface area (Å²) in [6, 6.07) is 14.2. The Morgan fingerprint density at radius 2 is 1.87 bits per heavy atom. The number of nitrogens with zero attached hydrogens (tertiary/aromatic N) is 3. The molecule has 0 atom stereocenters. The molecule has 2 aromatic carbocycles. The second kappa shape index (κ2) is 9.29. The minimum atomic E-state index is -3.34. The van der Waals surface area contributed by atoms with Crippen LogP contribution in [0.25, 0.3) is 16.3 Å². The molecule has 0 aliphatic carbocycles. The zero-order valence-electron chi connectivity index (χ0n) is 17.4. The number of rotatable bonds is 7. The van der Waals surface area contributed by atoms with Gasteiger partial charge < -0.3 is 4.90 Å². The highest BCUT2D eigenvalue weighted by Crippen LogP contribution is 2.28. The number of nitrogens with one attached hydrogen (secondary N) is 1. The van der Waals surface area contributed by atoms with E-state index in [1.807, 2.05) is 30.3 Å². The van der Waals surface area contributed by atoms with Crippen molar-refractivity contribution < 1.29 is 13.2 Å². The maximum atomic E-state index is 12.6. The van der Waals surface area contributed by atoms with Crippen molar-refractivity contribution in [2.75, 3.05) is 29.6 Å². The van der Waals surface area contributed by atoms with E-state index in [4.69, 9.17) is 0 Å². The predicted octanol–water partition coefficient (Wildman–Crippen LogP) is 4.09. The van der Waals surface area contributed by atoms with Crippen LogP contribution >= 0.6 is 11.3 Å². The van der Waals surface area contributed by atoms with E-state index in [0.29, 0.717) is 15.3 Å². The van der Waals surface area contributed by atoms with Gasteiger partial charge in [-0.2, -0.15) is 5.26 Å². The van der Waals surface area contributed by atoms with Crippen LogP contribution in [0.3, 0.4) is 0 Å². The number of hydrogen-bond donors (Lipinski definition) is 1. The summed E-state index contributed by atoms with van der Waals surface area (Å²) in [7, 11) is -3.34. The fourth-order valence-corrected chi connectivity index (χ4v) is 4.66. The Morgan fingerprint density at radius 3 is 2.45 bits per heavy atom. The van der Waals surface area contributed by atoms with E-state index in [9.17, 15) is 18.5 Å². The molecule has 9 heteroatoms. The van der Waals surface area contributed by atoms with Crippen molar-refractivity contribution in [3.8, 4) is 6.07 Å². The van der Waals surface area contributed by atoms with Gasteiger partial charge in [-0.3, -0.25) is 10.1 Å². The lowest BCUT2D eigenvalue weighted by atomic mass is 10.1. The summed E-state index contributed by atoms with van der Waals surface area (Å²) in [4.78, 5) is 19.3. The van der Waals surface area contributed by atoms with E-state index in [1.54, 1.807) is 6.07 Å². The molecule has 3 rings (SSSR count). The third-order valence-corrected chi connectivity index (χ3v) is 6.75. The monoisotopic (exact) mass is 454 g/mol. The van der Waals surface area contributed by atoms with Gasteiger partial charge in [0.2, 0.25) is 0 Å². The molecule has 0 saturated carbocycles. The predicted molar refractivity (Wildman–Crippen MR) is 125 cm³/mol. The van der Waals surface area contributed by atoms with Crippen LogP contribution < -0.4 is 10.2 Å². The van der Waals surface area contributed by atoms with Crippen LogP contribution in [0.1, 0.15) is 19.4 Å². The third-order valence-electron chi connectivity index (χ3n) is 4.71. The van der Waals surface area contributed by atoms with Crippen molar-refractivity contribution in [2.24, 2.45) is 0 Å². The molecule has 0 fully saturated rings. The molecule has 0 radical (unpaired) electrons. The zero-order valence-corrected chi connectivity index (χ0v) is 19.0.